The molecule has 84 valence electrons. The monoisotopic (exact) mass is 236 g/mol. The van der Waals surface area contributed by atoms with E-state index in [0.29, 0.717) is 18.0 Å². The van der Waals surface area contributed by atoms with Crippen LogP contribution in [0, 0.1) is 0 Å². The molecule has 0 atom stereocenters. The van der Waals surface area contributed by atoms with Crippen molar-refractivity contribution in [1.82, 2.24) is 4.98 Å². The smallest absolute Gasteiger partial charge is 0.354 e. The van der Waals surface area contributed by atoms with E-state index in [4.69, 9.17) is 10.5 Å². The van der Waals surface area contributed by atoms with Crippen molar-refractivity contribution in [1.29, 1.82) is 0 Å². The van der Waals surface area contributed by atoms with Gasteiger partial charge in [-0.2, -0.15) is 0 Å². The second-order valence-corrected chi connectivity index (χ2v) is 4.34. The minimum Gasteiger partial charge on any atom is -0.461 e. The molecule has 16 heavy (non-hydrogen) atoms. The van der Waals surface area contributed by atoms with Crippen LogP contribution in [0.4, 0.5) is 5.69 Å². The van der Waals surface area contributed by atoms with Crippen LogP contribution in [-0.2, 0) is 11.2 Å². The zero-order valence-electron chi connectivity index (χ0n) is 8.60. The number of esters is 1. The van der Waals surface area contributed by atoms with Crippen molar-refractivity contribution in [3.05, 3.63) is 40.3 Å². The molecule has 0 aliphatic carbocycles. The SMILES string of the molecule is Nc1c[nH]c(C(=O)OCCc2cccs2)c1. The molecule has 0 unspecified atom stereocenters. The second kappa shape index (κ2) is 4.85. The summed E-state index contributed by atoms with van der Waals surface area (Å²) in [6.45, 7) is 0.387. The Morgan fingerprint density at radius 2 is 2.44 bits per heavy atom. The van der Waals surface area contributed by atoms with Crippen LogP contribution >= 0.6 is 11.3 Å². The van der Waals surface area contributed by atoms with Crippen molar-refractivity contribution in [2.45, 2.75) is 6.42 Å². The van der Waals surface area contributed by atoms with E-state index in [1.165, 1.54) is 4.88 Å². The lowest BCUT2D eigenvalue weighted by atomic mass is 10.3. The highest BCUT2D eigenvalue weighted by Crippen LogP contribution is 2.10. The van der Waals surface area contributed by atoms with Gasteiger partial charge in [0.2, 0.25) is 0 Å². The number of hydrogen-bond donors (Lipinski definition) is 2. The first-order valence-corrected chi connectivity index (χ1v) is 5.77. The molecular weight excluding hydrogens is 224 g/mol. The number of ether oxygens (including phenoxy) is 1. The Morgan fingerprint density at radius 3 is 3.06 bits per heavy atom. The van der Waals surface area contributed by atoms with E-state index >= 15 is 0 Å². The van der Waals surface area contributed by atoms with Crippen LogP contribution in [0.2, 0.25) is 0 Å². The summed E-state index contributed by atoms with van der Waals surface area (Å²) in [4.78, 5) is 15.4. The third-order valence-electron chi connectivity index (χ3n) is 2.09. The number of carbonyl (C=O) groups is 1. The van der Waals surface area contributed by atoms with E-state index in [9.17, 15) is 4.79 Å². The third-order valence-corrected chi connectivity index (χ3v) is 3.02. The molecule has 0 radical (unpaired) electrons. The van der Waals surface area contributed by atoms with Gasteiger partial charge in [-0.05, 0) is 17.5 Å². The fourth-order valence-corrected chi connectivity index (χ4v) is 2.00. The summed E-state index contributed by atoms with van der Waals surface area (Å²) in [5, 5.41) is 2.00. The number of aromatic amines is 1. The molecule has 0 bridgehead atoms. The van der Waals surface area contributed by atoms with Gasteiger partial charge in [-0.1, -0.05) is 6.07 Å². The molecule has 3 N–H and O–H groups in total. The normalized spacial score (nSPS) is 10.2. The van der Waals surface area contributed by atoms with Gasteiger partial charge in [-0.25, -0.2) is 4.79 Å². The summed E-state index contributed by atoms with van der Waals surface area (Å²) in [6, 6.07) is 5.56. The van der Waals surface area contributed by atoms with Gasteiger partial charge in [-0.15, -0.1) is 11.3 Å². The molecule has 2 heterocycles. The number of H-pyrrole nitrogens is 1. The van der Waals surface area contributed by atoms with Crippen LogP contribution in [0.5, 0.6) is 0 Å². The molecule has 0 amide bonds. The number of hydrogen-bond acceptors (Lipinski definition) is 4. The number of anilines is 1. The van der Waals surface area contributed by atoms with Crippen LogP contribution in [-0.4, -0.2) is 17.6 Å². The first-order chi connectivity index (χ1) is 7.75. The first-order valence-electron chi connectivity index (χ1n) is 4.89. The number of rotatable bonds is 4. The maximum Gasteiger partial charge on any atom is 0.354 e. The Labute approximate surface area is 97.0 Å². The number of nitrogens with two attached hydrogens (primary N) is 1. The lowest BCUT2D eigenvalue weighted by molar-refractivity contribution is 0.0504. The number of nitrogen functional groups attached to an aromatic ring is 1. The van der Waals surface area contributed by atoms with E-state index in [0.717, 1.165) is 6.42 Å². The standard InChI is InChI=1S/C11H12N2O2S/c12-8-6-10(13-7-8)11(14)15-4-3-9-2-1-5-16-9/h1-2,5-7,13H,3-4,12H2. The fourth-order valence-electron chi connectivity index (χ4n) is 1.31. The molecule has 0 aromatic carbocycles. The van der Waals surface area contributed by atoms with Gasteiger partial charge in [0.25, 0.3) is 0 Å². The van der Waals surface area contributed by atoms with E-state index in [1.807, 2.05) is 17.5 Å². The summed E-state index contributed by atoms with van der Waals surface area (Å²) >= 11 is 1.66. The largest absolute Gasteiger partial charge is 0.461 e. The molecule has 0 saturated carbocycles. The van der Waals surface area contributed by atoms with Crippen LogP contribution in [0.25, 0.3) is 0 Å². The van der Waals surface area contributed by atoms with Crippen LogP contribution < -0.4 is 5.73 Å². The average molecular weight is 236 g/mol. The molecule has 0 saturated heterocycles. The van der Waals surface area contributed by atoms with Crippen molar-refractivity contribution in [2.24, 2.45) is 0 Å². The summed E-state index contributed by atoms with van der Waals surface area (Å²) < 4.78 is 5.10. The van der Waals surface area contributed by atoms with Gasteiger partial charge in [0.15, 0.2) is 0 Å². The lowest BCUT2D eigenvalue weighted by Gasteiger charge is -2.01. The van der Waals surface area contributed by atoms with E-state index in [2.05, 4.69) is 4.98 Å². The maximum atomic E-state index is 11.5. The van der Waals surface area contributed by atoms with Crippen LogP contribution in [0.15, 0.2) is 29.8 Å². The molecular formula is C11H12N2O2S. The zero-order chi connectivity index (χ0) is 11.4. The Morgan fingerprint density at radius 1 is 1.56 bits per heavy atom. The zero-order valence-corrected chi connectivity index (χ0v) is 9.42. The predicted octanol–water partition coefficient (Wildman–Crippen LogP) is 2.06. The summed E-state index contributed by atoms with van der Waals surface area (Å²) in [5.41, 5.74) is 6.41. The highest BCUT2D eigenvalue weighted by Gasteiger charge is 2.08. The Hall–Kier alpha value is -1.75. The fraction of sp³-hybridized carbons (Fsp3) is 0.182. The van der Waals surface area contributed by atoms with Gasteiger partial charge in [0, 0.05) is 17.5 Å². The van der Waals surface area contributed by atoms with Crippen LogP contribution in [0.1, 0.15) is 15.4 Å². The molecule has 2 aromatic rings. The molecule has 0 fully saturated rings. The van der Waals surface area contributed by atoms with Gasteiger partial charge < -0.3 is 15.5 Å². The van der Waals surface area contributed by atoms with E-state index in [1.54, 1.807) is 23.6 Å². The molecule has 5 heteroatoms. The van der Waals surface area contributed by atoms with Crippen molar-refractivity contribution in [3.63, 3.8) is 0 Å². The molecule has 4 nitrogen and oxygen atoms in total. The van der Waals surface area contributed by atoms with Gasteiger partial charge >= 0.3 is 5.97 Å². The molecule has 2 rings (SSSR count). The Bertz CT molecular complexity index is 462. The minimum atomic E-state index is -0.367. The van der Waals surface area contributed by atoms with Gasteiger partial charge in [0.05, 0.1) is 12.3 Å². The van der Waals surface area contributed by atoms with Crippen LogP contribution in [0.3, 0.4) is 0 Å². The average Bonchev–Trinajstić information content (AvgIpc) is 2.89. The Balaban J connectivity index is 1.80. The molecule has 0 aliphatic heterocycles. The summed E-state index contributed by atoms with van der Waals surface area (Å²) in [6.07, 6.45) is 2.31. The molecule has 2 aromatic heterocycles. The van der Waals surface area contributed by atoms with E-state index < -0.39 is 0 Å². The highest BCUT2D eigenvalue weighted by atomic mass is 32.1. The summed E-state index contributed by atoms with van der Waals surface area (Å²) in [7, 11) is 0. The summed E-state index contributed by atoms with van der Waals surface area (Å²) in [5.74, 6) is -0.367. The van der Waals surface area contributed by atoms with Gasteiger partial charge in [-0.3, -0.25) is 0 Å². The van der Waals surface area contributed by atoms with Crippen molar-refractivity contribution in [3.8, 4) is 0 Å². The quantitative estimate of drug-likeness (QED) is 0.798. The van der Waals surface area contributed by atoms with Crippen molar-refractivity contribution >= 4 is 23.0 Å². The maximum absolute atomic E-state index is 11.5. The number of thiophene rings is 1. The number of carbonyl (C=O) groups excluding carboxylic acids is 1. The lowest BCUT2D eigenvalue weighted by Crippen LogP contribution is -2.07. The van der Waals surface area contributed by atoms with E-state index in [-0.39, 0.29) is 5.97 Å². The minimum absolute atomic E-state index is 0.367. The van der Waals surface area contributed by atoms with Crippen molar-refractivity contribution < 1.29 is 9.53 Å². The predicted molar refractivity (Wildman–Crippen MR) is 63.5 cm³/mol. The number of aromatic nitrogens is 1. The topological polar surface area (TPSA) is 68.1 Å². The Kier molecular flexibility index (Phi) is 3.26. The third kappa shape index (κ3) is 2.64. The second-order valence-electron chi connectivity index (χ2n) is 3.31. The van der Waals surface area contributed by atoms with Gasteiger partial charge in [0.1, 0.15) is 5.69 Å². The highest BCUT2D eigenvalue weighted by molar-refractivity contribution is 7.09. The molecule has 0 spiro atoms. The van der Waals surface area contributed by atoms with Crippen molar-refractivity contribution in [2.75, 3.05) is 12.3 Å². The molecule has 0 aliphatic rings. The first kappa shape index (κ1) is 10.8. The number of nitrogens with one attached hydrogen (secondary N) is 1.